The highest BCUT2D eigenvalue weighted by atomic mass is 79.9. The van der Waals surface area contributed by atoms with Crippen LogP contribution in [0, 0.1) is 11.7 Å². The zero-order valence-corrected chi connectivity index (χ0v) is 16.1. The van der Waals surface area contributed by atoms with Crippen molar-refractivity contribution in [1.29, 1.82) is 0 Å². The Morgan fingerprint density at radius 1 is 1.46 bits per heavy atom. The van der Waals surface area contributed by atoms with Crippen molar-refractivity contribution >= 4 is 31.7 Å². The molecule has 0 aliphatic carbocycles. The summed E-state index contributed by atoms with van der Waals surface area (Å²) in [6.45, 7) is 4.05. The number of carbonyl (C=O) groups is 1. The molecule has 1 atom stereocenters. The molecule has 134 valence electrons. The van der Waals surface area contributed by atoms with E-state index < -0.39 is 15.7 Å². The number of halogens is 2. The molecule has 1 fully saturated rings. The largest absolute Gasteiger partial charge is 0.481 e. The van der Waals surface area contributed by atoms with E-state index in [1.807, 2.05) is 13.8 Å². The number of hydrogen-bond acceptors (Lipinski definition) is 4. The van der Waals surface area contributed by atoms with E-state index >= 15 is 0 Å². The average molecular weight is 422 g/mol. The average Bonchev–Trinajstić information content (AvgIpc) is 2.83. The van der Waals surface area contributed by atoms with Crippen LogP contribution >= 0.6 is 15.9 Å². The van der Waals surface area contributed by atoms with Gasteiger partial charge in [-0.3, -0.25) is 4.79 Å². The summed E-state index contributed by atoms with van der Waals surface area (Å²) in [7, 11) is -3.09. The zero-order chi connectivity index (χ0) is 17.9. The first kappa shape index (κ1) is 19.2. The SMILES string of the molecule is CC(C)CN(C(=O)COc1ccc(Br)cc1F)C1CCS(=O)(=O)C1. The van der Waals surface area contributed by atoms with Crippen molar-refractivity contribution in [2.45, 2.75) is 26.3 Å². The van der Waals surface area contributed by atoms with Crippen LogP contribution in [0.5, 0.6) is 5.75 Å². The zero-order valence-electron chi connectivity index (χ0n) is 13.7. The first-order valence-electron chi connectivity index (χ1n) is 7.75. The number of amides is 1. The summed E-state index contributed by atoms with van der Waals surface area (Å²) >= 11 is 3.15. The van der Waals surface area contributed by atoms with Crippen LogP contribution in [0.15, 0.2) is 22.7 Å². The second kappa shape index (κ2) is 7.82. The van der Waals surface area contributed by atoms with Gasteiger partial charge in [0.05, 0.1) is 11.5 Å². The van der Waals surface area contributed by atoms with E-state index in [1.54, 1.807) is 11.0 Å². The van der Waals surface area contributed by atoms with Crippen LogP contribution in [0.1, 0.15) is 20.3 Å². The Labute approximate surface area is 150 Å². The highest BCUT2D eigenvalue weighted by Gasteiger charge is 2.35. The molecule has 0 N–H and O–H groups in total. The maximum atomic E-state index is 13.8. The van der Waals surface area contributed by atoms with Crippen LogP contribution in [-0.4, -0.2) is 49.9 Å². The first-order valence-corrected chi connectivity index (χ1v) is 10.4. The standard InChI is InChI=1S/C16H21BrFNO4S/c1-11(2)8-19(13-5-6-24(21,22)10-13)16(20)9-23-15-4-3-12(17)7-14(15)18/h3-4,7,11,13H,5-6,8-10H2,1-2H3. The monoisotopic (exact) mass is 421 g/mol. The number of hydrogen-bond donors (Lipinski definition) is 0. The lowest BCUT2D eigenvalue weighted by molar-refractivity contribution is -0.135. The number of carbonyl (C=O) groups excluding carboxylic acids is 1. The smallest absolute Gasteiger partial charge is 0.260 e. The van der Waals surface area contributed by atoms with E-state index in [-0.39, 0.29) is 41.7 Å². The fourth-order valence-corrected chi connectivity index (χ4v) is 4.75. The summed E-state index contributed by atoms with van der Waals surface area (Å²) in [5.41, 5.74) is 0. The van der Waals surface area contributed by atoms with E-state index in [0.29, 0.717) is 17.4 Å². The van der Waals surface area contributed by atoms with Crippen molar-refractivity contribution in [2.75, 3.05) is 24.7 Å². The van der Waals surface area contributed by atoms with E-state index in [9.17, 15) is 17.6 Å². The molecule has 2 rings (SSSR count). The van der Waals surface area contributed by atoms with Gasteiger partial charge < -0.3 is 9.64 Å². The second-order valence-corrected chi connectivity index (χ2v) is 9.50. The fourth-order valence-electron chi connectivity index (χ4n) is 2.68. The minimum absolute atomic E-state index is 0.00455. The van der Waals surface area contributed by atoms with Crippen LogP contribution in [0.4, 0.5) is 4.39 Å². The third kappa shape index (κ3) is 5.17. The van der Waals surface area contributed by atoms with E-state index in [4.69, 9.17) is 4.74 Å². The number of rotatable bonds is 6. The van der Waals surface area contributed by atoms with Crippen LogP contribution in [0.25, 0.3) is 0 Å². The summed E-state index contributed by atoms with van der Waals surface area (Å²) in [6.07, 6.45) is 0.438. The lowest BCUT2D eigenvalue weighted by atomic mass is 10.1. The topological polar surface area (TPSA) is 63.7 Å². The van der Waals surface area contributed by atoms with Crippen LogP contribution < -0.4 is 4.74 Å². The summed E-state index contributed by atoms with van der Waals surface area (Å²) in [5.74, 6) is -0.610. The van der Waals surface area contributed by atoms with Crippen molar-refractivity contribution in [1.82, 2.24) is 4.90 Å². The van der Waals surface area contributed by atoms with Crippen molar-refractivity contribution < 1.29 is 22.3 Å². The second-order valence-electron chi connectivity index (χ2n) is 6.36. The Morgan fingerprint density at radius 2 is 2.17 bits per heavy atom. The number of benzene rings is 1. The van der Waals surface area contributed by atoms with Crippen molar-refractivity contribution in [3.8, 4) is 5.75 Å². The van der Waals surface area contributed by atoms with Gasteiger partial charge in [0.2, 0.25) is 0 Å². The highest BCUT2D eigenvalue weighted by Crippen LogP contribution is 2.23. The molecule has 5 nitrogen and oxygen atoms in total. The number of nitrogens with zero attached hydrogens (tertiary/aromatic N) is 1. The van der Waals surface area contributed by atoms with Gasteiger partial charge in [0.15, 0.2) is 28.0 Å². The molecule has 8 heteroatoms. The Bertz CT molecular complexity index is 708. The predicted octanol–water partition coefficient (Wildman–Crippen LogP) is 2.64. The predicted molar refractivity (Wildman–Crippen MR) is 93.2 cm³/mol. The molecule has 1 amide bonds. The lowest BCUT2D eigenvalue weighted by Crippen LogP contribution is -2.45. The molecule has 1 aromatic rings. The maximum absolute atomic E-state index is 13.8. The molecule has 0 saturated carbocycles. The normalized spacial score (nSPS) is 19.5. The van der Waals surface area contributed by atoms with Crippen molar-refractivity contribution in [3.05, 3.63) is 28.5 Å². The molecule has 0 spiro atoms. The summed E-state index contributed by atoms with van der Waals surface area (Å²) in [5, 5.41) is 0. The molecule has 1 heterocycles. The third-order valence-corrected chi connectivity index (χ3v) is 6.02. The van der Waals surface area contributed by atoms with E-state index in [1.165, 1.54) is 12.1 Å². The quantitative estimate of drug-likeness (QED) is 0.707. The van der Waals surface area contributed by atoms with Gasteiger partial charge in [-0.15, -0.1) is 0 Å². The van der Waals surface area contributed by atoms with Gasteiger partial charge in [0.25, 0.3) is 5.91 Å². The van der Waals surface area contributed by atoms with Crippen LogP contribution in [0.2, 0.25) is 0 Å². The van der Waals surface area contributed by atoms with Crippen molar-refractivity contribution in [2.24, 2.45) is 5.92 Å². The van der Waals surface area contributed by atoms with Gasteiger partial charge in [-0.2, -0.15) is 0 Å². The summed E-state index contributed by atoms with van der Waals surface area (Å²) in [4.78, 5) is 14.1. The van der Waals surface area contributed by atoms with Gasteiger partial charge >= 0.3 is 0 Å². The first-order chi connectivity index (χ1) is 11.2. The Balaban J connectivity index is 2.05. The van der Waals surface area contributed by atoms with Gasteiger partial charge in [0, 0.05) is 17.1 Å². The lowest BCUT2D eigenvalue weighted by Gasteiger charge is -2.30. The molecule has 1 unspecified atom stereocenters. The molecule has 1 saturated heterocycles. The Hall–Kier alpha value is -1.15. The van der Waals surface area contributed by atoms with Gasteiger partial charge in [-0.25, -0.2) is 12.8 Å². The van der Waals surface area contributed by atoms with Crippen LogP contribution in [0.3, 0.4) is 0 Å². The molecule has 1 aliphatic heterocycles. The molecular weight excluding hydrogens is 401 g/mol. The fraction of sp³-hybridized carbons (Fsp3) is 0.562. The molecule has 1 aromatic carbocycles. The summed E-state index contributed by atoms with van der Waals surface area (Å²) in [6, 6.07) is 4.00. The van der Waals surface area contributed by atoms with Gasteiger partial charge in [0.1, 0.15) is 0 Å². The molecule has 0 bridgehead atoms. The maximum Gasteiger partial charge on any atom is 0.260 e. The van der Waals surface area contributed by atoms with Crippen LogP contribution in [-0.2, 0) is 14.6 Å². The van der Waals surface area contributed by atoms with Crippen molar-refractivity contribution in [3.63, 3.8) is 0 Å². The molecule has 1 aliphatic rings. The Morgan fingerprint density at radius 3 is 2.71 bits per heavy atom. The van der Waals surface area contributed by atoms with Gasteiger partial charge in [-0.1, -0.05) is 29.8 Å². The Kier molecular flexibility index (Phi) is 6.25. The number of sulfone groups is 1. The van der Waals surface area contributed by atoms with E-state index in [0.717, 1.165) is 0 Å². The summed E-state index contributed by atoms with van der Waals surface area (Å²) < 4.78 is 43.0. The minimum atomic E-state index is -3.09. The third-order valence-electron chi connectivity index (χ3n) is 3.78. The number of ether oxygens (including phenoxy) is 1. The molecule has 24 heavy (non-hydrogen) atoms. The minimum Gasteiger partial charge on any atom is -0.481 e. The van der Waals surface area contributed by atoms with Gasteiger partial charge in [-0.05, 0) is 30.5 Å². The molecular formula is C16H21BrFNO4S. The molecule has 0 radical (unpaired) electrons. The molecule has 0 aromatic heterocycles. The van der Waals surface area contributed by atoms with E-state index in [2.05, 4.69) is 15.9 Å². The highest BCUT2D eigenvalue weighted by molar-refractivity contribution is 9.10.